The van der Waals surface area contributed by atoms with Crippen molar-refractivity contribution < 1.29 is 18.2 Å². The van der Waals surface area contributed by atoms with Crippen LogP contribution in [0.1, 0.15) is 10.4 Å². The monoisotopic (exact) mass is 245 g/mol. The van der Waals surface area contributed by atoms with E-state index in [0.717, 1.165) is 4.83 Å². The lowest BCUT2D eigenvalue weighted by Gasteiger charge is -2.03. The first-order valence-electron chi connectivity index (χ1n) is 3.95. The number of nitrogens with zero attached hydrogens (tertiary/aromatic N) is 1. The molecule has 0 fully saturated rings. The van der Waals surface area contributed by atoms with E-state index < -0.39 is 21.1 Å². The largest absolute Gasteiger partial charge is 0.373 e. The quantitative estimate of drug-likeness (QED) is 0.544. The SMILES string of the molecule is O=C(NS(=O)(=O)N[N+](=O)[O-])c1ccccc1. The minimum Gasteiger partial charge on any atom is -0.268 e. The molecule has 16 heavy (non-hydrogen) atoms. The van der Waals surface area contributed by atoms with Gasteiger partial charge in [-0.1, -0.05) is 18.2 Å². The molecule has 0 bridgehead atoms. The third-order valence-corrected chi connectivity index (χ3v) is 2.30. The number of hydrazine groups is 1. The number of hydrogen-bond donors (Lipinski definition) is 2. The summed E-state index contributed by atoms with van der Waals surface area (Å²) in [6.45, 7) is 0. The van der Waals surface area contributed by atoms with Crippen molar-refractivity contribution in [3.63, 3.8) is 0 Å². The minimum absolute atomic E-state index is 0.0798. The average molecular weight is 245 g/mol. The molecule has 0 saturated carbocycles. The summed E-state index contributed by atoms with van der Waals surface area (Å²) in [6, 6.07) is 7.44. The fourth-order valence-electron chi connectivity index (χ4n) is 0.891. The van der Waals surface area contributed by atoms with Crippen LogP contribution in [-0.4, -0.2) is 19.4 Å². The van der Waals surface area contributed by atoms with Crippen molar-refractivity contribution in [1.29, 1.82) is 0 Å². The van der Waals surface area contributed by atoms with E-state index in [9.17, 15) is 23.3 Å². The van der Waals surface area contributed by atoms with Gasteiger partial charge in [0.15, 0.2) is 5.03 Å². The first kappa shape index (κ1) is 11.9. The van der Waals surface area contributed by atoms with Gasteiger partial charge in [-0.2, -0.15) is 8.42 Å². The molecule has 0 atom stereocenters. The normalized spacial score (nSPS) is 10.5. The molecule has 0 aliphatic rings. The summed E-state index contributed by atoms with van der Waals surface area (Å²) in [5, 5.41) is 8.62. The molecule has 1 aromatic rings. The van der Waals surface area contributed by atoms with E-state index in [1.807, 2.05) is 0 Å². The fraction of sp³-hybridized carbons (Fsp3) is 0. The van der Waals surface area contributed by atoms with Gasteiger partial charge in [0.2, 0.25) is 0 Å². The van der Waals surface area contributed by atoms with Gasteiger partial charge in [-0.25, -0.2) is 14.8 Å². The number of nitro groups is 1. The molecule has 0 heterocycles. The van der Waals surface area contributed by atoms with E-state index >= 15 is 0 Å². The number of carbonyl (C=O) groups is 1. The maximum absolute atomic E-state index is 11.3. The van der Waals surface area contributed by atoms with Crippen molar-refractivity contribution >= 4 is 16.1 Å². The smallest absolute Gasteiger partial charge is 0.268 e. The zero-order chi connectivity index (χ0) is 12.2. The molecule has 0 spiro atoms. The van der Waals surface area contributed by atoms with Gasteiger partial charge >= 0.3 is 10.2 Å². The van der Waals surface area contributed by atoms with Crippen LogP contribution in [0.5, 0.6) is 0 Å². The van der Waals surface area contributed by atoms with Crippen molar-refractivity contribution in [3.05, 3.63) is 46.0 Å². The summed E-state index contributed by atoms with van der Waals surface area (Å²) in [4.78, 5) is 22.2. The molecule has 9 heteroatoms. The highest BCUT2D eigenvalue weighted by Crippen LogP contribution is 1.98. The third kappa shape index (κ3) is 3.53. The van der Waals surface area contributed by atoms with Crippen LogP contribution in [0.3, 0.4) is 0 Å². The molecular formula is C7H7N3O5S. The van der Waals surface area contributed by atoms with Crippen LogP contribution in [0.2, 0.25) is 0 Å². The first-order valence-corrected chi connectivity index (χ1v) is 5.43. The minimum atomic E-state index is -4.48. The Morgan fingerprint density at radius 2 is 1.81 bits per heavy atom. The van der Waals surface area contributed by atoms with Crippen LogP contribution >= 0.6 is 0 Å². The van der Waals surface area contributed by atoms with Gasteiger partial charge < -0.3 is 0 Å². The zero-order valence-corrected chi connectivity index (χ0v) is 8.60. The summed E-state index contributed by atoms with van der Waals surface area (Å²) in [5.41, 5.74) is 0.0798. The highest BCUT2D eigenvalue weighted by molar-refractivity contribution is 7.87. The van der Waals surface area contributed by atoms with E-state index in [1.165, 1.54) is 29.0 Å². The van der Waals surface area contributed by atoms with Crippen LogP contribution in [0.15, 0.2) is 30.3 Å². The molecule has 0 aromatic heterocycles. The molecule has 0 radical (unpaired) electrons. The molecule has 1 rings (SSSR count). The van der Waals surface area contributed by atoms with Crippen LogP contribution in [-0.2, 0) is 10.2 Å². The molecular weight excluding hydrogens is 238 g/mol. The van der Waals surface area contributed by atoms with E-state index in [2.05, 4.69) is 0 Å². The van der Waals surface area contributed by atoms with Gasteiger partial charge in [0.1, 0.15) is 0 Å². The lowest BCUT2D eigenvalue weighted by molar-refractivity contribution is -0.518. The molecule has 1 amide bonds. The Labute approximate surface area is 90.6 Å². The van der Waals surface area contributed by atoms with Crippen LogP contribution in [0, 0.1) is 10.1 Å². The second-order valence-corrected chi connectivity index (χ2v) is 4.04. The van der Waals surface area contributed by atoms with Crippen molar-refractivity contribution in [2.75, 3.05) is 0 Å². The van der Waals surface area contributed by atoms with Gasteiger partial charge in [-0.15, -0.1) is 0 Å². The van der Waals surface area contributed by atoms with Gasteiger partial charge in [0, 0.05) is 5.56 Å². The molecule has 2 N–H and O–H groups in total. The van der Waals surface area contributed by atoms with Crippen molar-refractivity contribution in [1.82, 2.24) is 9.55 Å². The van der Waals surface area contributed by atoms with E-state index in [0.29, 0.717) is 0 Å². The number of nitrogens with one attached hydrogen (secondary N) is 2. The van der Waals surface area contributed by atoms with Crippen LogP contribution in [0.4, 0.5) is 0 Å². The Balaban J connectivity index is 2.76. The topological polar surface area (TPSA) is 118 Å². The average Bonchev–Trinajstić information content (AvgIpc) is 2.16. The third-order valence-electron chi connectivity index (χ3n) is 1.46. The fourth-order valence-corrected chi connectivity index (χ4v) is 1.50. The Morgan fingerprint density at radius 3 is 2.31 bits per heavy atom. The standard InChI is InChI=1S/C7H7N3O5S/c11-7(6-4-2-1-3-5-6)8-16(14,15)9-10(12)13/h1-5,9H,(H,8,11). The molecule has 0 aliphatic carbocycles. The maximum Gasteiger partial charge on any atom is 0.373 e. The van der Waals surface area contributed by atoms with Gasteiger partial charge in [0.05, 0.1) is 0 Å². The van der Waals surface area contributed by atoms with Crippen molar-refractivity contribution in [3.8, 4) is 0 Å². The molecule has 0 saturated heterocycles. The lowest BCUT2D eigenvalue weighted by Crippen LogP contribution is -2.42. The summed E-state index contributed by atoms with van der Waals surface area (Å²) >= 11 is 0. The van der Waals surface area contributed by atoms with Crippen molar-refractivity contribution in [2.45, 2.75) is 0 Å². The number of rotatable bonds is 4. The molecule has 0 aliphatic heterocycles. The van der Waals surface area contributed by atoms with Gasteiger partial charge in [-0.05, 0) is 17.0 Å². The van der Waals surface area contributed by atoms with Crippen molar-refractivity contribution in [2.24, 2.45) is 0 Å². The Kier molecular flexibility index (Phi) is 3.40. The summed E-state index contributed by atoms with van der Waals surface area (Å²) in [6.07, 6.45) is 0. The van der Waals surface area contributed by atoms with E-state index in [-0.39, 0.29) is 5.56 Å². The second-order valence-electron chi connectivity index (χ2n) is 2.65. The highest BCUT2D eigenvalue weighted by Gasteiger charge is 2.19. The second kappa shape index (κ2) is 4.57. The molecule has 8 nitrogen and oxygen atoms in total. The summed E-state index contributed by atoms with van der Waals surface area (Å²) in [5.74, 6) is -0.949. The van der Waals surface area contributed by atoms with Crippen LogP contribution in [0.25, 0.3) is 0 Å². The number of hydrogen-bond acceptors (Lipinski definition) is 5. The van der Waals surface area contributed by atoms with E-state index in [4.69, 9.17) is 0 Å². The molecule has 0 unspecified atom stereocenters. The Hall–Kier alpha value is -2.16. The van der Waals surface area contributed by atoms with Crippen LogP contribution < -0.4 is 9.55 Å². The van der Waals surface area contributed by atoms with Gasteiger partial charge in [0.25, 0.3) is 5.91 Å². The number of amides is 1. The maximum atomic E-state index is 11.3. The first-order chi connectivity index (χ1) is 7.41. The Bertz CT molecular complexity index is 498. The molecule has 86 valence electrons. The summed E-state index contributed by atoms with van der Waals surface area (Å²) < 4.78 is 23.4. The number of carbonyl (C=O) groups excluding carboxylic acids is 1. The lowest BCUT2D eigenvalue weighted by atomic mass is 10.2. The van der Waals surface area contributed by atoms with E-state index in [1.54, 1.807) is 6.07 Å². The summed E-state index contributed by atoms with van der Waals surface area (Å²) in [7, 11) is -4.48. The number of benzene rings is 1. The highest BCUT2D eigenvalue weighted by atomic mass is 32.2. The predicted octanol–water partition coefficient (Wildman–Crippen LogP) is -0.557. The predicted molar refractivity (Wildman–Crippen MR) is 53.0 cm³/mol. The van der Waals surface area contributed by atoms with Gasteiger partial charge in [-0.3, -0.25) is 4.79 Å². The Morgan fingerprint density at radius 1 is 1.25 bits per heavy atom. The zero-order valence-electron chi connectivity index (χ0n) is 7.78. The molecule has 1 aromatic carbocycles.